The van der Waals surface area contributed by atoms with Crippen molar-refractivity contribution in [3.8, 4) is 11.5 Å². The van der Waals surface area contributed by atoms with Crippen LogP contribution in [0.3, 0.4) is 0 Å². The Labute approximate surface area is 189 Å². The number of hydrogen-bond donors (Lipinski definition) is 1. The number of benzene rings is 2. The third-order valence-electron chi connectivity index (χ3n) is 5.22. The summed E-state index contributed by atoms with van der Waals surface area (Å²) in [6, 6.07) is 9.94. The van der Waals surface area contributed by atoms with E-state index in [0.29, 0.717) is 26.9 Å². The Bertz CT molecular complexity index is 1200. The predicted octanol–water partition coefficient (Wildman–Crippen LogP) is 3.67. The van der Waals surface area contributed by atoms with Crippen molar-refractivity contribution < 1.29 is 17.9 Å². The van der Waals surface area contributed by atoms with Gasteiger partial charge in [-0.1, -0.05) is 22.0 Å². The van der Waals surface area contributed by atoms with E-state index in [1.807, 2.05) is 0 Å². The van der Waals surface area contributed by atoms with Crippen LogP contribution in [0.25, 0.3) is 10.9 Å². The molecule has 2 heterocycles. The lowest BCUT2D eigenvalue weighted by Gasteiger charge is -2.29. The number of piperidine rings is 1. The molecule has 164 valence electrons. The average Bonchev–Trinajstić information content (AvgIpc) is 2.75. The van der Waals surface area contributed by atoms with Gasteiger partial charge in [-0.15, -0.1) is 0 Å². The highest BCUT2D eigenvalue weighted by Gasteiger charge is 2.22. The van der Waals surface area contributed by atoms with E-state index in [9.17, 15) is 8.42 Å². The SMILES string of the molecule is COc1cc2c(NS(=O)(=O)c3cccc(Br)c3)ncnc2cc1OC1CCN(C)CC1. The zero-order chi connectivity index (χ0) is 22.0. The molecule has 31 heavy (non-hydrogen) atoms. The summed E-state index contributed by atoms with van der Waals surface area (Å²) in [7, 11) is -0.181. The van der Waals surface area contributed by atoms with Crippen LogP contribution < -0.4 is 14.2 Å². The molecule has 1 fully saturated rings. The number of ether oxygens (including phenoxy) is 2. The van der Waals surface area contributed by atoms with E-state index in [2.05, 4.69) is 42.6 Å². The molecule has 1 saturated heterocycles. The third kappa shape index (κ3) is 4.91. The van der Waals surface area contributed by atoms with Gasteiger partial charge >= 0.3 is 0 Å². The van der Waals surface area contributed by atoms with Gasteiger partial charge < -0.3 is 14.4 Å². The molecule has 1 aromatic heterocycles. The Kier molecular flexibility index (Phi) is 6.31. The maximum absolute atomic E-state index is 12.9. The van der Waals surface area contributed by atoms with Crippen LogP contribution in [0, 0.1) is 0 Å². The molecule has 0 aliphatic carbocycles. The Morgan fingerprint density at radius 2 is 1.90 bits per heavy atom. The van der Waals surface area contributed by atoms with Gasteiger partial charge in [0.25, 0.3) is 10.0 Å². The van der Waals surface area contributed by atoms with Crippen molar-refractivity contribution in [2.75, 3.05) is 32.0 Å². The lowest BCUT2D eigenvalue weighted by Crippen LogP contribution is -2.35. The molecule has 8 nitrogen and oxygen atoms in total. The Morgan fingerprint density at radius 3 is 2.61 bits per heavy atom. The van der Waals surface area contributed by atoms with Crippen LogP contribution in [0.5, 0.6) is 11.5 Å². The fourth-order valence-corrected chi connectivity index (χ4v) is 5.13. The second-order valence-corrected chi connectivity index (χ2v) is 10.0. The molecular formula is C21H23BrN4O4S. The Hall–Kier alpha value is -2.43. The topological polar surface area (TPSA) is 93.6 Å². The van der Waals surface area contributed by atoms with Crippen molar-refractivity contribution in [3.05, 3.63) is 47.2 Å². The van der Waals surface area contributed by atoms with Crippen molar-refractivity contribution in [2.45, 2.75) is 23.8 Å². The minimum Gasteiger partial charge on any atom is -0.493 e. The van der Waals surface area contributed by atoms with Gasteiger partial charge in [0.2, 0.25) is 0 Å². The first kappa shape index (κ1) is 21.8. The van der Waals surface area contributed by atoms with Crippen molar-refractivity contribution >= 4 is 42.7 Å². The van der Waals surface area contributed by atoms with Crippen LogP contribution in [0.15, 0.2) is 52.1 Å². The number of nitrogens with one attached hydrogen (secondary N) is 1. The lowest BCUT2D eigenvalue weighted by molar-refractivity contribution is 0.111. The van der Waals surface area contributed by atoms with E-state index in [-0.39, 0.29) is 16.8 Å². The fraction of sp³-hybridized carbons (Fsp3) is 0.333. The number of anilines is 1. The van der Waals surface area contributed by atoms with E-state index in [0.717, 1.165) is 25.9 Å². The minimum absolute atomic E-state index is 0.0962. The van der Waals surface area contributed by atoms with Crippen molar-refractivity contribution in [3.63, 3.8) is 0 Å². The molecule has 4 rings (SSSR count). The number of sulfonamides is 1. The van der Waals surface area contributed by atoms with Crippen LogP contribution >= 0.6 is 15.9 Å². The number of nitrogens with zero attached hydrogens (tertiary/aromatic N) is 3. The van der Waals surface area contributed by atoms with E-state index >= 15 is 0 Å². The summed E-state index contributed by atoms with van der Waals surface area (Å²) >= 11 is 3.30. The maximum atomic E-state index is 12.9. The number of hydrogen-bond acceptors (Lipinski definition) is 7. The van der Waals surface area contributed by atoms with Crippen LogP contribution in [0.1, 0.15) is 12.8 Å². The van der Waals surface area contributed by atoms with E-state index in [4.69, 9.17) is 9.47 Å². The van der Waals surface area contributed by atoms with Crippen molar-refractivity contribution in [1.82, 2.24) is 14.9 Å². The summed E-state index contributed by atoms with van der Waals surface area (Å²) in [5, 5.41) is 0.522. The van der Waals surface area contributed by atoms with Crippen LogP contribution in [0.4, 0.5) is 5.82 Å². The second-order valence-electron chi connectivity index (χ2n) is 7.43. The monoisotopic (exact) mass is 506 g/mol. The zero-order valence-corrected chi connectivity index (χ0v) is 19.6. The van der Waals surface area contributed by atoms with Gasteiger partial charge in [0.15, 0.2) is 17.3 Å². The molecule has 0 radical (unpaired) electrons. The number of fused-ring (bicyclic) bond motifs is 1. The van der Waals surface area contributed by atoms with Crippen LogP contribution in [-0.2, 0) is 10.0 Å². The highest BCUT2D eigenvalue weighted by Crippen LogP contribution is 2.36. The van der Waals surface area contributed by atoms with Gasteiger partial charge in [0.1, 0.15) is 12.4 Å². The van der Waals surface area contributed by atoms with Gasteiger partial charge in [-0.2, -0.15) is 0 Å². The summed E-state index contributed by atoms with van der Waals surface area (Å²) in [5.41, 5.74) is 0.561. The minimum atomic E-state index is -3.83. The quantitative estimate of drug-likeness (QED) is 0.544. The first-order chi connectivity index (χ1) is 14.9. The van der Waals surface area contributed by atoms with Crippen molar-refractivity contribution in [2.24, 2.45) is 0 Å². The van der Waals surface area contributed by atoms with Crippen LogP contribution in [0.2, 0.25) is 0 Å². The summed E-state index contributed by atoms with van der Waals surface area (Å²) in [6.07, 6.45) is 3.28. The molecule has 0 saturated carbocycles. The first-order valence-electron chi connectivity index (χ1n) is 9.82. The van der Waals surface area contributed by atoms with Crippen molar-refractivity contribution in [1.29, 1.82) is 0 Å². The molecule has 0 amide bonds. The van der Waals surface area contributed by atoms with E-state index in [1.54, 1.807) is 31.4 Å². The van der Waals surface area contributed by atoms with Gasteiger partial charge in [-0.05, 0) is 44.2 Å². The highest BCUT2D eigenvalue weighted by molar-refractivity contribution is 9.10. The number of aromatic nitrogens is 2. The summed E-state index contributed by atoms with van der Waals surface area (Å²) in [4.78, 5) is 10.9. The standard InChI is InChI=1S/C21H23BrN4O4S/c1-26-8-6-15(7-9-26)30-20-12-18-17(11-19(20)29-2)21(24-13-23-18)25-31(27,28)16-5-3-4-14(22)10-16/h3-5,10-13,15H,6-9H2,1-2H3,(H,23,24,25). The lowest BCUT2D eigenvalue weighted by atomic mass is 10.1. The smallest absolute Gasteiger partial charge is 0.263 e. The molecule has 2 aromatic carbocycles. The molecule has 1 N–H and O–H groups in total. The van der Waals surface area contributed by atoms with Gasteiger partial charge in [-0.25, -0.2) is 18.4 Å². The third-order valence-corrected chi connectivity index (χ3v) is 7.05. The number of rotatable bonds is 6. The van der Waals surface area contributed by atoms with Gasteiger partial charge in [0, 0.05) is 29.0 Å². The fourth-order valence-electron chi connectivity index (χ4n) is 3.50. The Balaban J connectivity index is 1.66. The Morgan fingerprint density at radius 1 is 1.13 bits per heavy atom. The number of halogens is 1. The highest BCUT2D eigenvalue weighted by atomic mass is 79.9. The summed E-state index contributed by atoms with van der Waals surface area (Å²) < 4.78 is 40.7. The average molecular weight is 507 g/mol. The largest absolute Gasteiger partial charge is 0.493 e. The molecule has 10 heteroatoms. The molecule has 0 bridgehead atoms. The van der Waals surface area contributed by atoms with Gasteiger partial charge in [-0.3, -0.25) is 4.72 Å². The molecule has 1 aliphatic rings. The molecule has 0 spiro atoms. The molecule has 0 atom stereocenters. The van der Waals surface area contributed by atoms with E-state index < -0.39 is 10.0 Å². The normalized spacial score (nSPS) is 15.7. The van der Waals surface area contributed by atoms with E-state index in [1.165, 1.54) is 18.5 Å². The molecule has 1 aliphatic heterocycles. The number of methoxy groups -OCH3 is 1. The first-order valence-corrected chi connectivity index (χ1v) is 12.1. The van der Waals surface area contributed by atoms with Gasteiger partial charge in [0.05, 0.1) is 17.5 Å². The molecular weight excluding hydrogens is 484 g/mol. The number of likely N-dealkylation sites (tertiary alicyclic amines) is 1. The predicted molar refractivity (Wildman–Crippen MR) is 122 cm³/mol. The summed E-state index contributed by atoms with van der Waals surface area (Å²) in [6.45, 7) is 1.95. The van der Waals surface area contributed by atoms with Crippen LogP contribution in [-0.4, -0.2) is 56.6 Å². The zero-order valence-electron chi connectivity index (χ0n) is 17.2. The summed E-state index contributed by atoms with van der Waals surface area (Å²) in [5.74, 6) is 1.27. The second kappa shape index (κ2) is 8.97. The molecule has 3 aromatic rings. The maximum Gasteiger partial charge on any atom is 0.263 e. The molecule has 0 unspecified atom stereocenters.